The number of hydrogen-bond acceptors (Lipinski definition) is 5. The fraction of sp³-hybridized carbons (Fsp3) is 0. The predicted molar refractivity (Wildman–Crippen MR) is 70.3 cm³/mol. The summed E-state index contributed by atoms with van der Waals surface area (Å²) in [5.41, 5.74) is 6.06. The van der Waals surface area contributed by atoms with Crippen LogP contribution < -0.4 is 5.73 Å². The molecule has 1 aliphatic heterocycles. The van der Waals surface area contributed by atoms with Crippen molar-refractivity contribution >= 4 is 23.0 Å². The Morgan fingerprint density at radius 3 is 2.95 bits per heavy atom. The molecular weight excluding hydrogens is 259 g/mol. The van der Waals surface area contributed by atoms with Gasteiger partial charge in [-0.15, -0.1) is 0 Å². The lowest BCUT2D eigenvalue weighted by atomic mass is 9.96. The number of nitrogen functional groups attached to an aromatic ring is 1. The third-order valence-electron chi connectivity index (χ3n) is 2.96. The van der Waals surface area contributed by atoms with Crippen molar-refractivity contribution in [1.29, 1.82) is 5.26 Å². The predicted octanol–water partition coefficient (Wildman–Crippen LogP) is 1.99. The highest BCUT2D eigenvalue weighted by Gasteiger charge is 2.29. The van der Waals surface area contributed by atoms with E-state index in [2.05, 4.69) is 9.98 Å². The van der Waals surface area contributed by atoms with Crippen LogP contribution in [0.5, 0.6) is 0 Å². The van der Waals surface area contributed by atoms with E-state index in [0.29, 0.717) is 16.9 Å². The van der Waals surface area contributed by atoms with Gasteiger partial charge in [-0.05, 0) is 18.2 Å². The highest BCUT2D eigenvalue weighted by atomic mass is 19.1. The van der Waals surface area contributed by atoms with Crippen molar-refractivity contribution in [3.8, 4) is 6.07 Å². The van der Waals surface area contributed by atoms with E-state index in [0.717, 1.165) is 0 Å². The van der Waals surface area contributed by atoms with Crippen molar-refractivity contribution in [2.45, 2.75) is 0 Å². The van der Waals surface area contributed by atoms with Crippen molar-refractivity contribution < 1.29 is 9.18 Å². The van der Waals surface area contributed by atoms with Crippen LogP contribution >= 0.6 is 0 Å². The van der Waals surface area contributed by atoms with Crippen LogP contribution in [0.3, 0.4) is 0 Å². The van der Waals surface area contributed by atoms with Crippen molar-refractivity contribution in [2.75, 3.05) is 5.73 Å². The van der Waals surface area contributed by atoms with E-state index in [-0.39, 0.29) is 17.0 Å². The molecule has 0 unspecified atom stereocenters. The number of benzene rings is 1. The van der Waals surface area contributed by atoms with Crippen LogP contribution in [-0.2, 0) is 0 Å². The molecule has 6 heteroatoms. The monoisotopic (exact) mass is 266 g/mol. The van der Waals surface area contributed by atoms with Gasteiger partial charge in [0, 0.05) is 6.20 Å². The summed E-state index contributed by atoms with van der Waals surface area (Å²) in [6, 6.07) is 7.64. The van der Waals surface area contributed by atoms with E-state index in [4.69, 9.17) is 11.0 Å². The molecule has 1 aromatic heterocycles. The number of nitrogens with zero attached hydrogens (tertiary/aromatic N) is 3. The van der Waals surface area contributed by atoms with Crippen molar-refractivity contribution in [3.63, 3.8) is 0 Å². The molecule has 0 bridgehead atoms. The molecule has 2 aromatic rings. The molecular formula is C14H7FN4O. The Morgan fingerprint density at radius 2 is 2.20 bits per heavy atom. The molecule has 0 spiro atoms. The molecule has 0 radical (unpaired) electrons. The largest absolute Gasteiger partial charge is 0.396 e. The number of rotatable bonds is 2. The average Bonchev–Trinajstić information content (AvgIpc) is 2.43. The van der Waals surface area contributed by atoms with Crippen LogP contribution in [0.15, 0.2) is 35.5 Å². The second kappa shape index (κ2) is 4.24. The van der Waals surface area contributed by atoms with Gasteiger partial charge in [0.05, 0.1) is 22.4 Å². The summed E-state index contributed by atoms with van der Waals surface area (Å²) in [5.74, 6) is -0.964. The number of ketones is 1. The normalized spacial score (nSPS) is 11.9. The van der Waals surface area contributed by atoms with E-state index in [1.807, 2.05) is 6.07 Å². The van der Waals surface area contributed by atoms with Crippen molar-refractivity contribution in [2.24, 2.45) is 4.99 Å². The zero-order valence-electron chi connectivity index (χ0n) is 10.1. The molecule has 1 aromatic carbocycles. The van der Waals surface area contributed by atoms with Crippen LogP contribution in [0.4, 0.5) is 15.9 Å². The van der Waals surface area contributed by atoms with Gasteiger partial charge in [0.25, 0.3) is 0 Å². The van der Waals surface area contributed by atoms with Gasteiger partial charge in [0.1, 0.15) is 11.8 Å². The van der Waals surface area contributed by atoms with Crippen LogP contribution in [-0.4, -0.2) is 16.5 Å². The van der Waals surface area contributed by atoms with E-state index < -0.39 is 11.6 Å². The number of fused-ring (bicyclic) bond motifs is 1. The highest BCUT2D eigenvalue weighted by molar-refractivity contribution is 6.55. The maximum absolute atomic E-state index is 13.8. The summed E-state index contributed by atoms with van der Waals surface area (Å²) in [4.78, 5) is 20.1. The Balaban J connectivity index is 2.01. The number of aliphatic imine (C=N–C) groups is 1. The fourth-order valence-corrected chi connectivity index (χ4v) is 1.92. The maximum atomic E-state index is 13.8. The van der Waals surface area contributed by atoms with Crippen LogP contribution in [0.2, 0.25) is 0 Å². The Labute approximate surface area is 113 Å². The van der Waals surface area contributed by atoms with Gasteiger partial charge in [-0.2, -0.15) is 5.26 Å². The summed E-state index contributed by atoms with van der Waals surface area (Å²) in [6.45, 7) is 0. The van der Waals surface area contributed by atoms with Crippen molar-refractivity contribution in [1.82, 2.24) is 4.98 Å². The molecule has 0 saturated carbocycles. The molecule has 0 saturated heterocycles. The number of anilines is 1. The Hall–Kier alpha value is -3.07. The van der Waals surface area contributed by atoms with E-state index in [1.165, 1.54) is 30.5 Å². The second-order valence-electron chi connectivity index (χ2n) is 4.21. The minimum atomic E-state index is -0.766. The number of aromatic nitrogens is 1. The van der Waals surface area contributed by atoms with Gasteiger partial charge in [0.2, 0.25) is 5.78 Å². The Kier molecular flexibility index (Phi) is 2.54. The molecule has 96 valence electrons. The topological polar surface area (TPSA) is 92.1 Å². The first-order valence-corrected chi connectivity index (χ1v) is 5.69. The lowest BCUT2D eigenvalue weighted by molar-refractivity contribution is 0.106. The molecule has 3 rings (SSSR count). The first kappa shape index (κ1) is 12.0. The van der Waals surface area contributed by atoms with Gasteiger partial charge < -0.3 is 5.73 Å². The molecule has 20 heavy (non-hydrogen) atoms. The SMILES string of the molecule is N#Cc1cnc2c(c1)C(C(=O)c1cccc(N)c1F)=N2. The Morgan fingerprint density at radius 1 is 1.40 bits per heavy atom. The van der Waals surface area contributed by atoms with E-state index in [9.17, 15) is 9.18 Å². The standard InChI is InChI=1S/C14H7FN4O/c15-11-8(2-1-3-10(11)17)13(20)12-9-4-7(5-16)6-18-14(9)19-12/h1-4,6H,17H2. The van der Waals surface area contributed by atoms with Gasteiger partial charge in [0.15, 0.2) is 11.6 Å². The van der Waals surface area contributed by atoms with Gasteiger partial charge in [-0.1, -0.05) is 6.07 Å². The summed E-state index contributed by atoms with van der Waals surface area (Å²) in [6.07, 6.45) is 1.37. The number of Topliss-reactive ketones (excluding diaryl/α,β-unsaturated/α-hetero) is 1. The summed E-state index contributed by atoms with van der Waals surface area (Å²) in [5, 5.41) is 8.81. The third-order valence-corrected chi connectivity index (χ3v) is 2.96. The number of pyridine rings is 1. The number of nitrogens with two attached hydrogens (primary N) is 1. The number of carbonyl (C=O) groups is 1. The van der Waals surface area contributed by atoms with E-state index in [1.54, 1.807) is 0 Å². The first-order valence-electron chi connectivity index (χ1n) is 5.69. The number of carbonyl (C=O) groups excluding carboxylic acids is 1. The molecule has 0 fully saturated rings. The lowest BCUT2D eigenvalue weighted by Crippen LogP contribution is -2.23. The molecule has 2 N–H and O–H groups in total. The van der Waals surface area contributed by atoms with Gasteiger partial charge >= 0.3 is 0 Å². The molecule has 0 atom stereocenters. The summed E-state index contributed by atoms with van der Waals surface area (Å²) < 4.78 is 13.8. The quantitative estimate of drug-likeness (QED) is 0.664. The molecule has 2 heterocycles. The second-order valence-corrected chi connectivity index (χ2v) is 4.21. The zero-order valence-corrected chi connectivity index (χ0v) is 10.1. The highest BCUT2D eigenvalue weighted by Crippen LogP contribution is 2.30. The Bertz CT molecular complexity index is 820. The molecule has 0 amide bonds. The van der Waals surface area contributed by atoms with Crippen LogP contribution in [0.25, 0.3) is 0 Å². The zero-order chi connectivity index (χ0) is 14.3. The smallest absolute Gasteiger partial charge is 0.215 e. The molecule has 0 aliphatic carbocycles. The lowest BCUT2D eigenvalue weighted by Gasteiger charge is -2.16. The molecule has 1 aliphatic rings. The van der Waals surface area contributed by atoms with Gasteiger partial charge in [-0.25, -0.2) is 14.4 Å². The average molecular weight is 266 g/mol. The third kappa shape index (κ3) is 1.65. The minimum Gasteiger partial charge on any atom is -0.396 e. The van der Waals surface area contributed by atoms with Crippen LogP contribution in [0.1, 0.15) is 21.5 Å². The number of halogens is 1. The number of hydrogen-bond donors (Lipinski definition) is 1. The van der Waals surface area contributed by atoms with E-state index >= 15 is 0 Å². The summed E-state index contributed by atoms with van der Waals surface area (Å²) in [7, 11) is 0. The summed E-state index contributed by atoms with van der Waals surface area (Å²) >= 11 is 0. The van der Waals surface area contributed by atoms with Crippen molar-refractivity contribution in [3.05, 3.63) is 53.0 Å². The minimum absolute atomic E-state index is 0.0918. The number of nitriles is 1. The van der Waals surface area contributed by atoms with Crippen LogP contribution in [0, 0.1) is 17.1 Å². The maximum Gasteiger partial charge on any atom is 0.215 e. The first-order chi connectivity index (χ1) is 9.61. The fourth-order valence-electron chi connectivity index (χ4n) is 1.92. The van der Waals surface area contributed by atoms with Gasteiger partial charge in [-0.3, -0.25) is 4.79 Å². The molecule has 5 nitrogen and oxygen atoms in total.